The van der Waals surface area contributed by atoms with Crippen molar-refractivity contribution >= 4 is 11.3 Å². The van der Waals surface area contributed by atoms with Crippen molar-refractivity contribution in [1.29, 1.82) is 0 Å². The van der Waals surface area contributed by atoms with Gasteiger partial charge in [-0.25, -0.2) is 0 Å². The second kappa shape index (κ2) is 4.74. The van der Waals surface area contributed by atoms with Crippen LogP contribution < -0.4 is 11.1 Å². The molecule has 3 heteroatoms. The average molecular weight is 198 g/mol. The number of hydrogen-bond donors (Lipinski definition) is 2. The molecule has 74 valence electrons. The molecule has 13 heavy (non-hydrogen) atoms. The summed E-state index contributed by atoms with van der Waals surface area (Å²) in [7, 11) is 0. The number of nitrogens with one attached hydrogen (secondary N) is 1. The van der Waals surface area contributed by atoms with Crippen molar-refractivity contribution in [3.05, 3.63) is 21.9 Å². The molecule has 1 aromatic rings. The Kier molecular flexibility index (Phi) is 3.90. The van der Waals surface area contributed by atoms with E-state index in [9.17, 15) is 0 Å². The zero-order valence-electron chi connectivity index (χ0n) is 8.50. The molecule has 2 nitrogen and oxygen atoms in total. The first kappa shape index (κ1) is 10.7. The van der Waals surface area contributed by atoms with E-state index in [0.29, 0.717) is 18.6 Å². The predicted octanol–water partition coefficient (Wildman–Crippen LogP) is 2.05. The predicted molar refractivity (Wildman–Crippen MR) is 59.1 cm³/mol. The monoisotopic (exact) mass is 198 g/mol. The quantitative estimate of drug-likeness (QED) is 0.777. The Morgan fingerprint density at radius 1 is 1.54 bits per heavy atom. The van der Waals surface area contributed by atoms with Crippen molar-refractivity contribution in [1.82, 2.24) is 5.32 Å². The molecule has 0 amide bonds. The van der Waals surface area contributed by atoms with Crippen LogP contribution in [0.2, 0.25) is 0 Å². The van der Waals surface area contributed by atoms with Gasteiger partial charge in [-0.05, 0) is 23.9 Å². The molecule has 0 fully saturated rings. The van der Waals surface area contributed by atoms with Crippen molar-refractivity contribution in [2.45, 2.75) is 32.9 Å². The van der Waals surface area contributed by atoms with E-state index in [1.165, 1.54) is 10.4 Å². The highest BCUT2D eigenvalue weighted by Crippen LogP contribution is 2.23. The summed E-state index contributed by atoms with van der Waals surface area (Å²) in [4.78, 5) is 1.37. The lowest BCUT2D eigenvalue weighted by Crippen LogP contribution is -2.33. The van der Waals surface area contributed by atoms with Crippen LogP contribution in [-0.2, 0) is 0 Å². The van der Waals surface area contributed by atoms with E-state index in [-0.39, 0.29) is 0 Å². The summed E-state index contributed by atoms with van der Waals surface area (Å²) < 4.78 is 0. The largest absolute Gasteiger partial charge is 0.329 e. The van der Waals surface area contributed by atoms with Gasteiger partial charge in [0, 0.05) is 17.5 Å². The molecule has 1 atom stereocenters. The molecule has 1 rings (SSSR count). The smallest absolute Gasteiger partial charge is 0.0543 e. The fourth-order valence-corrected chi connectivity index (χ4v) is 2.40. The maximum atomic E-state index is 5.73. The van der Waals surface area contributed by atoms with Crippen LogP contribution in [0, 0.1) is 6.92 Å². The van der Waals surface area contributed by atoms with Gasteiger partial charge in [-0.15, -0.1) is 11.3 Å². The van der Waals surface area contributed by atoms with Crippen LogP contribution in [-0.4, -0.2) is 12.6 Å². The summed E-state index contributed by atoms with van der Waals surface area (Å²) >= 11 is 1.78. The molecule has 3 N–H and O–H groups in total. The molecule has 0 bridgehead atoms. The standard InChI is InChI=1S/C10H18N2S/c1-7(2)12-9(6-11)10-8(3)4-5-13-10/h4-5,7,9,12H,6,11H2,1-3H3. The van der Waals surface area contributed by atoms with Gasteiger partial charge in [0.15, 0.2) is 0 Å². The van der Waals surface area contributed by atoms with Gasteiger partial charge in [0.05, 0.1) is 6.04 Å². The van der Waals surface area contributed by atoms with Gasteiger partial charge in [0.25, 0.3) is 0 Å². The summed E-state index contributed by atoms with van der Waals surface area (Å²) in [6.45, 7) is 7.09. The maximum absolute atomic E-state index is 5.73. The van der Waals surface area contributed by atoms with Gasteiger partial charge in [-0.3, -0.25) is 0 Å². The first-order valence-electron chi connectivity index (χ1n) is 4.65. The number of hydrogen-bond acceptors (Lipinski definition) is 3. The Morgan fingerprint density at radius 2 is 2.23 bits per heavy atom. The highest BCUT2D eigenvalue weighted by Gasteiger charge is 2.13. The van der Waals surface area contributed by atoms with Crippen molar-refractivity contribution < 1.29 is 0 Å². The lowest BCUT2D eigenvalue weighted by atomic mass is 10.1. The summed E-state index contributed by atoms with van der Waals surface area (Å²) in [6, 6.07) is 2.94. The maximum Gasteiger partial charge on any atom is 0.0543 e. The first-order chi connectivity index (χ1) is 6.15. The van der Waals surface area contributed by atoms with E-state index < -0.39 is 0 Å². The van der Waals surface area contributed by atoms with Crippen LogP contribution >= 0.6 is 11.3 Å². The molecule has 1 heterocycles. The second-order valence-corrected chi connectivity index (χ2v) is 4.53. The SMILES string of the molecule is Cc1ccsc1C(CN)NC(C)C. The number of aryl methyl sites for hydroxylation is 1. The summed E-state index contributed by atoms with van der Waals surface area (Å²) in [5.41, 5.74) is 7.07. The fourth-order valence-electron chi connectivity index (χ4n) is 1.39. The van der Waals surface area contributed by atoms with E-state index in [1.54, 1.807) is 11.3 Å². The molecular formula is C10H18N2S. The Hall–Kier alpha value is -0.380. The van der Waals surface area contributed by atoms with Crippen molar-refractivity contribution in [2.24, 2.45) is 5.73 Å². The Labute approximate surface area is 84.2 Å². The number of nitrogens with two attached hydrogens (primary N) is 1. The summed E-state index contributed by atoms with van der Waals surface area (Å²) in [6.07, 6.45) is 0. The van der Waals surface area contributed by atoms with Gasteiger partial charge in [-0.2, -0.15) is 0 Å². The van der Waals surface area contributed by atoms with Crippen molar-refractivity contribution in [3.8, 4) is 0 Å². The van der Waals surface area contributed by atoms with Crippen LogP contribution in [0.4, 0.5) is 0 Å². The van der Waals surface area contributed by atoms with Crippen LogP contribution in [0.1, 0.15) is 30.3 Å². The molecule has 0 saturated carbocycles. The van der Waals surface area contributed by atoms with E-state index in [0.717, 1.165) is 0 Å². The van der Waals surface area contributed by atoms with Crippen molar-refractivity contribution in [3.63, 3.8) is 0 Å². The Bertz CT molecular complexity index is 255. The molecule has 0 aromatic carbocycles. The van der Waals surface area contributed by atoms with Gasteiger partial charge >= 0.3 is 0 Å². The van der Waals surface area contributed by atoms with Gasteiger partial charge in [0.1, 0.15) is 0 Å². The molecule has 1 aromatic heterocycles. The minimum absolute atomic E-state index is 0.319. The van der Waals surface area contributed by atoms with Crippen molar-refractivity contribution in [2.75, 3.05) is 6.54 Å². The van der Waals surface area contributed by atoms with Gasteiger partial charge in [-0.1, -0.05) is 13.8 Å². The molecule has 0 aliphatic carbocycles. The van der Waals surface area contributed by atoms with Gasteiger partial charge in [0.2, 0.25) is 0 Å². The zero-order chi connectivity index (χ0) is 9.84. The van der Waals surface area contributed by atoms with E-state index in [2.05, 4.69) is 37.5 Å². The third-order valence-corrected chi connectivity index (χ3v) is 3.12. The molecule has 0 spiro atoms. The molecular weight excluding hydrogens is 180 g/mol. The Morgan fingerprint density at radius 3 is 2.62 bits per heavy atom. The molecule has 0 aliphatic heterocycles. The van der Waals surface area contributed by atoms with Crippen LogP contribution in [0.5, 0.6) is 0 Å². The zero-order valence-corrected chi connectivity index (χ0v) is 9.32. The summed E-state index contributed by atoms with van der Waals surface area (Å²) in [5.74, 6) is 0. The Balaban J connectivity index is 2.72. The van der Waals surface area contributed by atoms with Crippen LogP contribution in [0.25, 0.3) is 0 Å². The summed E-state index contributed by atoms with van der Waals surface area (Å²) in [5, 5.41) is 5.58. The lowest BCUT2D eigenvalue weighted by Gasteiger charge is -2.19. The molecule has 0 saturated heterocycles. The number of thiophene rings is 1. The first-order valence-corrected chi connectivity index (χ1v) is 5.53. The fraction of sp³-hybridized carbons (Fsp3) is 0.600. The van der Waals surface area contributed by atoms with E-state index >= 15 is 0 Å². The normalized spacial score (nSPS) is 13.6. The molecule has 1 unspecified atom stereocenters. The van der Waals surface area contributed by atoms with Crippen LogP contribution in [0.3, 0.4) is 0 Å². The number of rotatable bonds is 4. The highest BCUT2D eigenvalue weighted by atomic mass is 32.1. The lowest BCUT2D eigenvalue weighted by molar-refractivity contribution is 0.488. The van der Waals surface area contributed by atoms with E-state index in [1.807, 2.05) is 0 Å². The average Bonchev–Trinajstić information content (AvgIpc) is 2.47. The van der Waals surface area contributed by atoms with Crippen LogP contribution in [0.15, 0.2) is 11.4 Å². The third kappa shape index (κ3) is 2.79. The second-order valence-electron chi connectivity index (χ2n) is 3.58. The minimum atomic E-state index is 0.319. The molecule has 0 radical (unpaired) electrons. The van der Waals surface area contributed by atoms with Gasteiger partial charge < -0.3 is 11.1 Å². The highest BCUT2D eigenvalue weighted by molar-refractivity contribution is 7.10. The molecule has 0 aliphatic rings. The third-order valence-electron chi connectivity index (χ3n) is 1.99. The topological polar surface area (TPSA) is 38.0 Å². The van der Waals surface area contributed by atoms with E-state index in [4.69, 9.17) is 5.73 Å². The minimum Gasteiger partial charge on any atom is -0.329 e.